The average Bonchev–Trinajstić information content (AvgIpc) is 3.19. The van der Waals surface area contributed by atoms with E-state index < -0.39 is 0 Å². The van der Waals surface area contributed by atoms with Crippen molar-refractivity contribution in [3.63, 3.8) is 0 Å². The van der Waals surface area contributed by atoms with E-state index >= 15 is 0 Å². The molecular weight excluding hydrogens is 464 g/mol. The van der Waals surface area contributed by atoms with E-state index in [1.54, 1.807) is 18.3 Å². The number of carbonyl (C=O) groups is 1. The second-order valence-corrected chi connectivity index (χ2v) is 9.68. The monoisotopic (exact) mass is 496 g/mol. The number of nitrogens with two attached hydrogens (primary N) is 1. The van der Waals surface area contributed by atoms with Crippen molar-refractivity contribution in [2.24, 2.45) is 4.99 Å². The van der Waals surface area contributed by atoms with E-state index in [0.717, 1.165) is 37.3 Å². The molecule has 37 heavy (non-hydrogen) atoms. The number of piperidine rings is 1. The van der Waals surface area contributed by atoms with Gasteiger partial charge in [0.05, 0.1) is 28.7 Å². The molecule has 190 valence electrons. The van der Waals surface area contributed by atoms with Crippen LogP contribution >= 0.6 is 0 Å². The van der Waals surface area contributed by atoms with E-state index in [4.69, 9.17) is 15.7 Å². The number of fused-ring (bicyclic) bond motifs is 1. The van der Waals surface area contributed by atoms with E-state index in [1.807, 2.05) is 48.5 Å². The summed E-state index contributed by atoms with van der Waals surface area (Å²) in [4.78, 5) is 26.7. The first-order chi connectivity index (χ1) is 17.8. The second kappa shape index (κ2) is 10.1. The van der Waals surface area contributed by atoms with E-state index in [1.165, 1.54) is 11.5 Å². The predicted molar refractivity (Wildman–Crippen MR) is 149 cm³/mol. The quantitative estimate of drug-likeness (QED) is 0.307. The van der Waals surface area contributed by atoms with Gasteiger partial charge in [0, 0.05) is 36.7 Å². The second-order valence-electron chi connectivity index (χ2n) is 9.68. The van der Waals surface area contributed by atoms with Gasteiger partial charge in [-0.1, -0.05) is 30.3 Å². The maximum atomic E-state index is 12.5. The van der Waals surface area contributed by atoms with Gasteiger partial charge in [-0.15, -0.1) is 0 Å². The van der Waals surface area contributed by atoms with Crippen LogP contribution in [0.3, 0.4) is 0 Å². The number of aromatic nitrogens is 2. The zero-order chi connectivity index (χ0) is 26.1. The number of carbonyl (C=O) groups excluding carboxylic acids is 1. The van der Waals surface area contributed by atoms with Crippen LogP contribution in [0.5, 0.6) is 5.88 Å². The Hall–Kier alpha value is -4.17. The van der Waals surface area contributed by atoms with Crippen LogP contribution in [0.2, 0.25) is 0 Å². The number of rotatable bonds is 5. The molecular formula is C29H32N6O2. The number of hydrogen-bond donors (Lipinski definition) is 2. The molecule has 0 amide bonds. The Morgan fingerprint density at radius 2 is 1.84 bits per heavy atom. The highest BCUT2D eigenvalue weighted by atomic mass is 16.3. The summed E-state index contributed by atoms with van der Waals surface area (Å²) in [6.45, 7) is 3.58. The summed E-state index contributed by atoms with van der Waals surface area (Å²) in [6.07, 6.45) is 3.97. The smallest absolute Gasteiger partial charge is 0.230 e. The van der Waals surface area contributed by atoms with Gasteiger partial charge in [-0.2, -0.15) is 0 Å². The molecule has 0 aliphatic carbocycles. The molecule has 1 saturated heterocycles. The van der Waals surface area contributed by atoms with Crippen molar-refractivity contribution in [2.45, 2.75) is 25.8 Å². The summed E-state index contributed by atoms with van der Waals surface area (Å²) in [5.41, 5.74) is 9.54. The number of pyridine rings is 1. The van der Waals surface area contributed by atoms with Crippen LogP contribution in [0, 0.1) is 0 Å². The molecule has 5 rings (SSSR count). The first-order valence-corrected chi connectivity index (χ1v) is 12.5. The third-order valence-electron chi connectivity index (χ3n) is 7.14. The van der Waals surface area contributed by atoms with E-state index in [0.29, 0.717) is 39.6 Å². The van der Waals surface area contributed by atoms with Crippen LogP contribution in [-0.4, -0.2) is 64.4 Å². The molecule has 1 aliphatic rings. The van der Waals surface area contributed by atoms with Crippen LogP contribution < -0.4 is 10.6 Å². The highest BCUT2D eigenvalue weighted by molar-refractivity contribution is 6.23. The fourth-order valence-corrected chi connectivity index (χ4v) is 5.06. The predicted octanol–water partition coefficient (Wildman–Crippen LogP) is 4.68. The van der Waals surface area contributed by atoms with Gasteiger partial charge in [0.25, 0.3) is 0 Å². The van der Waals surface area contributed by atoms with Gasteiger partial charge >= 0.3 is 0 Å². The van der Waals surface area contributed by atoms with E-state index in [2.05, 4.69) is 23.9 Å². The number of hydrogen-bond acceptors (Lipinski definition) is 7. The Bertz CT molecular complexity index is 1450. The molecule has 8 nitrogen and oxygen atoms in total. The van der Waals surface area contributed by atoms with Crippen molar-refractivity contribution in [1.82, 2.24) is 14.5 Å². The van der Waals surface area contributed by atoms with Crippen molar-refractivity contribution in [3.8, 4) is 5.88 Å². The number of aromatic hydroxyl groups is 1. The summed E-state index contributed by atoms with van der Waals surface area (Å²) >= 11 is 0. The minimum absolute atomic E-state index is 0.165. The lowest BCUT2D eigenvalue weighted by atomic mass is 10.0. The zero-order valence-electron chi connectivity index (χ0n) is 21.4. The van der Waals surface area contributed by atoms with Gasteiger partial charge in [0.2, 0.25) is 11.8 Å². The Kier molecular flexibility index (Phi) is 6.67. The first kappa shape index (κ1) is 24.5. The van der Waals surface area contributed by atoms with Crippen molar-refractivity contribution in [3.05, 3.63) is 78.0 Å². The molecule has 1 fully saturated rings. The third kappa shape index (κ3) is 4.80. The summed E-state index contributed by atoms with van der Waals surface area (Å²) in [6, 6.07) is 19.3. The number of nitrogens with zero attached hydrogens (tertiary/aromatic N) is 5. The maximum absolute atomic E-state index is 12.5. The molecule has 0 spiro atoms. The SMILES string of the molecule is CC(=O)n1c(O)c(C(=Nc2ccc(N(C)C3CCN(C)CC3)nc2)c2ccccc2)c2ccc(N)cc21. The lowest BCUT2D eigenvalue weighted by Gasteiger charge is -2.35. The number of nitrogen functional groups attached to an aromatic ring is 1. The summed E-state index contributed by atoms with van der Waals surface area (Å²) < 4.78 is 1.28. The summed E-state index contributed by atoms with van der Waals surface area (Å²) in [7, 11) is 4.25. The van der Waals surface area contributed by atoms with Crippen LogP contribution in [0.15, 0.2) is 71.9 Å². The average molecular weight is 497 g/mol. The minimum atomic E-state index is -0.310. The minimum Gasteiger partial charge on any atom is -0.494 e. The Balaban J connectivity index is 1.59. The molecule has 3 heterocycles. The van der Waals surface area contributed by atoms with Crippen molar-refractivity contribution < 1.29 is 9.90 Å². The molecule has 4 aromatic rings. The van der Waals surface area contributed by atoms with Gasteiger partial charge in [0.1, 0.15) is 5.82 Å². The van der Waals surface area contributed by atoms with Crippen molar-refractivity contribution >= 4 is 39.7 Å². The lowest BCUT2D eigenvalue weighted by Crippen LogP contribution is -2.42. The third-order valence-corrected chi connectivity index (χ3v) is 7.14. The van der Waals surface area contributed by atoms with E-state index in [9.17, 15) is 9.90 Å². The number of anilines is 2. The highest BCUT2D eigenvalue weighted by Gasteiger charge is 2.25. The topological polar surface area (TPSA) is 100.0 Å². The zero-order valence-corrected chi connectivity index (χ0v) is 21.4. The number of likely N-dealkylation sites (tertiary alicyclic amines) is 1. The molecule has 0 atom stereocenters. The van der Waals surface area contributed by atoms with Gasteiger partial charge in [-0.05, 0) is 63.3 Å². The van der Waals surface area contributed by atoms with Crippen molar-refractivity contribution in [2.75, 3.05) is 37.8 Å². The molecule has 0 bridgehead atoms. The van der Waals surface area contributed by atoms with Gasteiger partial charge in [-0.25, -0.2) is 9.98 Å². The Morgan fingerprint density at radius 3 is 2.49 bits per heavy atom. The van der Waals surface area contributed by atoms with Crippen LogP contribution in [-0.2, 0) is 0 Å². The maximum Gasteiger partial charge on any atom is 0.230 e. The van der Waals surface area contributed by atoms with Gasteiger partial charge in [0.15, 0.2) is 0 Å². The van der Waals surface area contributed by atoms with E-state index in [-0.39, 0.29) is 11.8 Å². The van der Waals surface area contributed by atoms with Crippen LogP contribution in [0.4, 0.5) is 17.2 Å². The normalized spacial score (nSPS) is 15.3. The molecule has 2 aromatic heterocycles. The number of aliphatic imine (C=N–C) groups is 1. The molecule has 2 aromatic carbocycles. The fraction of sp³-hybridized carbons (Fsp3) is 0.276. The lowest BCUT2D eigenvalue weighted by molar-refractivity contribution is 0.0933. The molecule has 0 unspecified atom stereocenters. The summed E-state index contributed by atoms with van der Waals surface area (Å²) in [5.74, 6) is 0.429. The van der Waals surface area contributed by atoms with Crippen LogP contribution in [0.25, 0.3) is 10.9 Å². The molecule has 0 radical (unpaired) electrons. The van der Waals surface area contributed by atoms with Gasteiger partial charge < -0.3 is 20.6 Å². The molecule has 0 saturated carbocycles. The largest absolute Gasteiger partial charge is 0.494 e. The Morgan fingerprint density at radius 1 is 1.11 bits per heavy atom. The molecule has 1 aliphatic heterocycles. The fourth-order valence-electron chi connectivity index (χ4n) is 5.06. The molecule has 3 N–H and O–H groups in total. The first-order valence-electron chi connectivity index (χ1n) is 12.5. The Labute approximate surface area is 216 Å². The van der Waals surface area contributed by atoms with Gasteiger partial charge in [-0.3, -0.25) is 9.36 Å². The highest BCUT2D eigenvalue weighted by Crippen LogP contribution is 2.35. The number of benzene rings is 2. The molecule has 8 heteroatoms. The van der Waals surface area contributed by atoms with Crippen LogP contribution in [0.1, 0.15) is 35.7 Å². The van der Waals surface area contributed by atoms with Crippen molar-refractivity contribution in [1.29, 1.82) is 0 Å². The summed E-state index contributed by atoms with van der Waals surface area (Å²) in [5, 5.41) is 11.9. The standard InChI is InChI=1S/C29H32N6O2/c1-19(36)35-25-17-21(30)9-11-24(25)27(29(35)37)28(20-7-5-4-6-8-20)32-22-10-12-26(31-18-22)34(3)23-13-15-33(2)16-14-23/h4-12,17-18,23,37H,13-16,30H2,1-3H3.